The van der Waals surface area contributed by atoms with Crippen LogP contribution in [0.2, 0.25) is 0 Å². The van der Waals surface area contributed by atoms with Crippen molar-refractivity contribution in [2.45, 2.75) is 0 Å². The van der Waals surface area contributed by atoms with Crippen molar-refractivity contribution in [2.24, 2.45) is 0 Å². The van der Waals surface area contributed by atoms with E-state index < -0.39 is 0 Å². The van der Waals surface area contributed by atoms with Gasteiger partial charge < -0.3 is 14.6 Å². The second-order valence-corrected chi connectivity index (χ2v) is 8.02. The van der Waals surface area contributed by atoms with Gasteiger partial charge in [-0.25, -0.2) is 0 Å². The fraction of sp³-hybridized carbons (Fsp3) is 0. The quantitative estimate of drug-likeness (QED) is 0.177. The molecule has 0 N–H and O–H groups in total. The Morgan fingerprint density at radius 2 is 1.18 bits per heavy atom. The molecule has 5 heteroatoms. The molecular formula is C29H21BIrN3-. The number of fused-ring (bicyclic) bond motifs is 1. The first-order chi connectivity index (χ1) is 16.4. The largest absolute Gasteiger partial charge is 0.401 e. The second kappa shape index (κ2) is 9.68. The van der Waals surface area contributed by atoms with E-state index in [-0.39, 0.29) is 27.1 Å². The molecule has 165 valence electrons. The third-order valence-electron chi connectivity index (χ3n) is 6.02. The molecular weight excluding hydrogens is 593 g/mol. The van der Waals surface area contributed by atoms with Gasteiger partial charge in [-0.15, -0.1) is 35.3 Å². The van der Waals surface area contributed by atoms with E-state index in [4.69, 9.17) is 0 Å². The van der Waals surface area contributed by atoms with Gasteiger partial charge in [0.25, 0.3) is 0 Å². The summed E-state index contributed by atoms with van der Waals surface area (Å²) in [5.74, 6) is 0. The Kier molecular flexibility index (Phi) is 6.31. The number of hydrogen-bond acceptors (Lipinski definition) is 3. The van der Waals surface area contributed by atoms with E-state index in [0.717, 1.165) is 22.6 Å². The Morgan fingerprint density at radius 1 is 0.618 bits per heavy atom. The molecule has 0 fully saturated rings. The molecule has 0 aliphatic carbocycles. The van der Waals surface area contributed by atoms with Gasteiger partial charge in [-0.1, -0.05) is 60.7 Å². The molecule has 4 aromatic carbocycles. The number of para-hydroxylation sites is 4. The van der Waals surface area contributed by atoms with Gasteiger partial charge >= 0.3 is 6.98 Å². The Morgan fingerprint density at radius 3 is 1.74 bits per heavy atom. The van der Waals surface area contributed by atoms with Crippen LogP contribution in [0.1, 0.15) is 0 Å². The minimum atomic E-state index is -0.0516. The number of anilines is 4. The Labute approximate surface area is 214 Å². The maximum absolute atomic E-state index is 4.55. The van der Waals surface area contributed by atoms with Crippen molar-refractivity contribution in [3.63, 3.8) is 0 Å². The van der Waals surface area contributed by atoms with Crippen LogP contribution in [0.4, 0.5) is 22.7 Å². The number of benzene rings is 4. The normalized spacial score (nSPS) is 12.3. The summed E-state index contributed by atoms with van der Waals surface area (Å²) in [6.45, 7) is -0.0516. The minimum absolute atomic E-state index is 0. The summed E-state index contributed by atoms with van der Waals surface area (Å²) in [5.41, 5.74) is 7.77. The summed E-state index contributed by atoms with van der Waals surface area (Å²) in [4.78, 5) is 9.39. The summed E-state index contributed by atoms with van der Waals surface area (Å²) in [7, 11) is 0. The predicted octanol–water partition coefficient (Wildman–Crippen LogP) is 6.23. The molecule has 34 heavy (non-hydrogen) atoms. The van der Waals surface area contributed by atoms with Gasteiger partial charge in [-0.05, 0) is 48.2 Å². The molecule has 0 unspecified atom stereocenters. The van der Waals surface area contributed by atoms with Crippen LogP contribution in [0.15, 0.2) is 128 Å². The maximum atomic E-state index is 4.55. The SMILES string of the molecule is [Ir].[c-]1ccc(B2N(c3ccccc3)c3ccccc3N2c2ccccc2)cc1-c1ccccn1. The molecule has 1 aliphatic heterocycles. The summed E-state index contributed by atoms with van der Waals surface area (Å²) in [6, 6.07) is 45.6. The average Bonchev–Trinajstić information content (AvgIpc) is 3.26. The smallest absolute Gasteiger partial charge is 0.361 e. The van der Waals surface area contributed by atoms with Crippen LogP contribution in [0.5, 0.6) is 0 Å². The van der Waals surface area contributed by atoms with Crippen molar-refractivity contribution in [3.8, 4) is 11.3 Å². The monoisotopic (exact) mass is 615 g/mol. The van der Waals surface area contributed by atoms with Crippen LogP contribution in [0.3, 0.4) is 0 Å². The number of pyridine rings is 1. The van der Waals surface area contributed by atoms with Crippen LogP contribution < -0.4 is 15.1 Å². The van der Waals surface area contributed by atoms with E-state index >= 15 is 0 Å². The molecule has 1 aromatic heterocycles. The van der Waals surface area contributed by atoms with Crippen LogP contribution in [-0.4, -0.2) is 12.0 Å². The molecule has 2 heterocycles. The summed E-state index contributed by atoms with van der Waals surface area (Å²) in [6.07, 6.45) is 1.83. The van der Waals surface area contributed by atoms with Crippen molar-refractivity contribution in [1.82, 2.24) is 4.98 Å². The molecule has 0 saturated carbocycles. The van der Waals surface area contributed by atoms with E-state index in [9.17, 15) is 0 Å². The van der Waals surface area contributed by atoms with Crippen molar-refractivity contribution < 1.29 is 20.1 Å². The van der Waals surface area contributed by atoms with E-state index in [0.29, 0.717) is 0 Å². The standard InChI is InChI=1S/C29H21BN3.Ir/c1-3-14-25(15-4-1)32-28-19-7-8-20-29(28)33(26-16-5-2-6-17-26)30(32)24-13-11-12-23(22-24)27-18-9-10-21-31-27;/h1-11,13-22H;/q-1;. The van der Waals surface area contributed by atoms with Crippen LogP contribution in [0, 0.1) is 6.07 Å². The van der Waals surface area contributed by atoms with Gasteiger partial charge in [0, 0.05) is 37.7 Å². The van der Waals surface area contributed by atoms with E-state index in [1.165, 1.54) is 16.8 Å². The van der Waals surface area contributed by atoms with E-state index in [1.54, 1.807) is 0 Å². The minimum Gasteiger partial charge on any atom is -0.361 e. The zero-order chi connectivity index (χ0) is 22.0. The summed E-state index contributed by atoms with van der Waals surface area (Å²) < 4.78 is 0. The van der Waals surface area contributed by atoms with Crippen LogP contribution >= 0.6 is 0 Å². The molecule has 3 nitrogen and oxygen atoms in total. The summed E-state index contributed by atoms with van der Waals surface area (Å²) >= 11 is 0. The van der Waals surface area contributed by atoms with Gasteiger partial charge in [0.15, 0.2) is 0 Å². The maximum Gasteiger partial charge on any atom is 0.401 e. The first kappa shape index (κ1) is 22.2. The predicted molar refractivity (Wildman–Crippen MR) is 138 cm³/mol. The van der Waals surface area contributed by atoms with E-state index in [1.807, 2.05) is 30.5 Å². The molecule has 6 rings (SSSR count). The van der Waals surface area contributed by atoms with Gasteiger partial charge in [0.1, 0.15) is 0 Å². The molecule has 1 radical (unpaired) electrons. The first-order valence-electron chi connectivity index (χ1n) is 11.1. The first-order valence-corrected chi connectivity index (χ1v) is 11.1. The third-order valence-corrected chi connectivity index (χ3v) is 6.02. The summed E-state index contributed by atoms with van der Waals surface area (Å²) in [5, 5.41) is 0. The van der Waals surface area contributed by atoms with Crippen LogP contribution in [-0.2, 0) is 20.1 Å². The molecule has 5 aromatic rings. The van der Waals surface area contributed by atoms with Crippen molar-refractivity contribution in [1.29, 1.82) is 0 Å². The Bertz CT molecular complexity index is 1310. The second-order valence-electron chi connectivity index (χ2n) is 8.02. The molecule has 0 amide bonds. The average molecular weight is 615 g/mol. The zero-order valence-electron chi connectivity index (χ0n) is 18.4. The fourth-order valence-corrected chi connectivity index (χ4v) is 4.60. The van der Waals surface area contributed by atoms with E-state index in [2.05, 4.69) is 118 Å². The van der Waals surface area contributed by atoms with Crippen molar-refractivity contribution >= 4 is 35.2 Å². The number of rotatable bonds is 4. The molecule has 0 saturated heterocycles. The van der Waals surface area contributed by atoms with Gasteiger partial charge in [-0.2, -0.15) is 0 Å². The van der Waals surface area contributed by atoms with Gasteiger partial charge in [0.05, 0.1) is 11.4 Å². The van der Waals surface area contributed by atoms with Crippen LogP contribution in [0.25, 0.3) is 11.3 Å². The molecule has 0 bridgehead atoms. The van der Waals surface area contributed by atoms with Gasteiger partial charge in [0.2, 0.25) is 0 Å². The topological polar surface area (TPSA) is 19.4 Å². The fourth-order valence-electron chi connectivity index (χ4n) is 4.60. The number of nitrogens with zero attached hydrogens (tertiary/aromatic N) is 3. The van der Waals surface area contributed by atoms with Crippen molar-refractivity contribution in [3.05, 3.63) is 134 Å². The van der Waals surface area contributed by atoms with Gasteiger partial charge in [-0.3, -0.25) is 0 Å². The molecule has 1 aliphatic rings. The molecule has 0 spiro atoms. The molecule has 0 atom stereocenters. The Balaban J connectivity index is 0.00000241. The Hall–Kier alpha value is -3.66. The van der Waals surface area contributed by atoms with Crippen molar-refractivity contribution in [2.75, 3.05) is 9.62 Å². The number of hydrogen-bond donors (Lipinski definition) is 0. The third kappa shape index (κ3) is 3.94. The zero-order valence-corrected chi connectivity index (χ0v) is 20.8. The number of aromatic nitrogens is 1.